The van der Waals surface area contributed by atoms with Gasteiger partial charge in [-0.05, 0) is 92.1 Å². The Morgan fingerprint density at radius 2 is 1.89 bits per heavy atom. The average Bonchev–Trinajstić information content (AvgIpc) is 3.90. The fraction of sp³-hybridized carbons (Fsp3) is 0.436. The molecule has 0 radical (unpaired) electrons. The molecule has 1 saturated heterocycles. The van der Waals surface area contributed by atoms with E-state index >= 15 is 0 Å². The number of fused-ring (bicyclic) bond motifs is 1. The SMILES string of the molecule is C\C=C(CNCC(O)c1ccc(O)c2c1OCC(=O)N2)/C(=C\C(=C\Cl)NC(=O)CCN1CCC2(CC1)CC(C(O)(c1cccs1)c1cccs1)C2)OC. The molecule has 1 saturated carbocycles. The van der Waals surface area contributed by atoms with E-state index in [4.69, 9.17) is 21.1 Å². The van der Waals surface area contributed by atoms with Crippen molar-refractivity contribution >= 4 is 51.8 Å². The van der Waals surface area contributed by atoms with Crippen molar-refractivity contribution in [3.8, 4) is 11.5 Å². The molecule has 284 valence electrons. The van der Waals surface area contributed by atoms with Crippen LogP contribution in [0.25, 0.3) is 0 Å². The fourth-order valence-electron chi connectivity index (χ4n) is 7.68. The van der Waals surface area contributed by atoms with Gasteiger partial charge in [0, 0.05) is 58.6 Å². The minimum atomic E-state index is -0.992. The van der Waals surface area contributed by atoms with Crippen LogP contribution in [0.1, 0.15) is 60.4 Å². The number of aliphatic hydroxyl groups excluding tert-OH is 1. The van der Waals surface area contributed by atoms with Crippen molar-refractivity contribution in [3.05, 3.63) is 97.2 Å². The zero-order chi connectivity index (χ0) is 37.6. The van der Waals surface area contributed by atoms with Gasteiger partial charge in [-0.1, -0.05) is 29.8 Å². The van der Waals surface area contributed by atoms with Gasteiger partial charge in [0.2, 0.25) is 5.91 Å². The fourth-order valence-corrected chi connectivity index (χ4v) is 9.70. The lowest BCUT2D eigenvalue weighted by molar-refractivity contribution is -0.121. The Kier molecular flexibility index (Phi) is 12.7. The third kappa shape index (κ3) is 8.67. The van der Waals surface area contributed by atoms with Gasteiger partial charge in [0.25, 0.3) is 5.91 Å². The normalized spacial score (nSPS) is 18.9. The highest BCUT2D eigenvalue weighted by Crippen LogP contribution is 2.60. The number of carbonyl (C=O) groups excluding carboxylic acids is 2. The maximum Gasteiger partial charge on any atom is 0.262 e. The Hall–Kier alpha value is -3.69. The van der Waals surface area contributed by atoms with Crippen molar-refractivity contribution in [2.45, 2.75) is 50.7 Å². The number of nitrogens with zero attached hydrogens (tertiary/aromatic N) is 1. The van der Waals surface area contributed by atoms with Gasteiger partial charge < -0.3 is 45.6 Å². The molecule has 6 rings (SSSR count). The number of hydrogen-bond acceptors (Lipinski definition) is 11. The molecule has 3 aromatic rings. The van der Waals surface area contributed by atoms with E-state index in [2.05, 4.69) is 33.0 Å². The molecule has 1 unspecified atom stereocenters. The molecule has 1 atom stereocenters. The molecule has 1 aliphatic carbocycles. The highest BCUT2D eigenvalue weighted by molar-refractivity contribution is 7.11. The van der Waals surface area contributed by atoms with Gasteiger partial charge in [-0.3, -0.25) is 9.59 Å². The van der Waals surface area contributed by atoms with E-state index < -0.39 is 11.7 Å². The molecule has 6 N–H and O–H groups in total. The first kappa shape index (κ1) is 39.0. The number of phenolic OH excluding ortho intramolecular Hbond substituents is 1. The number of aromatic hydroxyl groups is 1. The second-order valence-corrected chi connectivity index (χ2v) is 16.0. The number of amides is 2. The number of benzene rings is 1. The van der Waals surface area contributed by atoms with Crippen LogP contribution in [0.2, 0.25) is 0 Å². The van der Waals surface area contributed by atoms with Crippen LogP contribution in [0.15, 0.2) is 81.9 Å². The van der Waals surface area contributed by atoms with Crippen molar-refractivity contribution < 1.29 is 34.4 Å². The third-order valence-corrected chi connectivity index (χ3v) is 12.9. The van der Waals surface area contributed by atoms with Gasteiger partial charge in [0.15, 0.2) is 12.4 Å². The minimum absolute atomic E-state index is 0.139. The number of hydrogen-bond donors (Lipinski definition) is 6. The molecule has 2 aromatic heterocycles. The zero-order valence-electron chi connectivity index (χ0n) is 29.9. The molecule has 1 aromatic carbocycles. The predicted octanol–water partition coefficient (Wildman–Crippen LogP) is 5.96. The molecule has 2 fully saturated rings. The summed E-state index contributed by atoms with van der Waals surface area (Å²) in [6, 6.07) is 11.1. The van der Waals surface area contributed by atoms with Crippen molar-refractivity contribution in [2.24, 2.45) is 11.3 Å². The van der Waals surface area contributed by atoms with Gasteiger partial charge in [0.05, 0.1) is 18.9 Å². The van der Waals surface area contributed by atoms with E-state index in [0.717, 1.165) is 54.1 Å². The molecule has 3 aliphatic rings. The van der Waals surface area contributed by atoms with Crippen LogP contribution in [0.5, 0.6) is 11.5 Å². The lowest BCUT2D eigenvalue weighted by Gasteiger charge is -2.56. The van der Waals surface area contributed by atoms with Crippen LogP contribution in [0.4, 0.5) is 5.69 Å². The monoisotopic (exact) mass is 782 g/mol. The molecular weight excluding hydrogens is 736 g/mol. The van der Waals surface area contributed by atoms with Crippen molar-refractivity contribution in [2.75, 3.05) is 51.8 Å². The van der Waals surface area contributed by atoms with Gasteiger partial charge in [-0.2, -0.15) is 0 Å². The highest BCUT2D eigenvalue weighted by atomic mass is 35.5. The first-order valence-electron chi connectivity index (χ1n) is 17.8. The van der Waals surface area contributed by atoms with Crippen LogP contribution in [0, 0.1) is 11.3 Å². The van der Waals surface area contributed by atoms with Crippen molar-refractivity contribution in [3.63, 3.8) is 0 Å². The Morgan fingerprint density at radius 3 is 2.49 bits per heavy atom. The standard InChI is InChI=1S/C39H47ClN4O7S2/c1-3-25(22-41-23-30(46)28-8-9-29(45)36-37(28)51-24-35(48)43-36)31(50-2)18-27(21-40)42-34(47)10-13-44-14-11-38(12-15-44)19-26(20-38)39(49,32-6-4-16-52-32)33-7-5-17-53-33/h3-9,16-18,21,26,30,41,45-46,49H,10-15,19-20,22-24H2,1-2H3,(H,42,47)(H,43,48)/b25-3-,27-21-,31-18+. The first-order chi connectivity index (χ1) is 25.6. The van der Waals surface area contributed by atoms with Crippen LogP contribution in [-0.2, 0) is 19.9 Å². The summed E-state index contributed by atoms with van der Waals surface area (Å²) in [5, 5.41) is 45.8. The number of allylic oxidation sites excluding steroid dienone is 2. The Labute approximate surface area is 323 Å². The number of halogens is 1. The molecule has 0 bridgehead atoms. The summed E-state index contributed by atoms with van der Waals surface area (Å²) in [7, 11) is 1.53. The summed E-state index contributed by atoms with van der Waals surface area (Å²) in [5.41, 5.74) is 2.36. The summed E-state index contributed by atoms with van der Waals surface area (Å²) in [6.07, 6.45) is 6.98. The second kappa shape index (κ2) is 17.2. The maximum absolute atomic E-state index is 13.0. The molecule has 2 aliphatic heterocycles. The quantitative estimate of drug-likeness (QED) is 0.0624. The van der Waals surface area contributed by atoms with Gasteiger partial charge in [0.1, 0.15) is 22.8 Å². The van der Waals surface area contributed by atoms with Crippen LogP contribution in [-0.4, -0.2) is 78.5 Å². The van der Waals surface area contributed by atoms with Crippen LogP contribution in [0.3, 0.4) is 0 Å². The van der Waals surface area contributed by atoms with E-state index in [1.807, 2.05) is 35.9 Å². The number of rotatable bonds is 15. The van der Waals surface area contributed by atoms with Gasteiger partial charge in [-0.25, -0.2) is 0 Å². The van der Waals surface area contributed by atoms with Gasteiger partial charge >= 0.3 is 0 Å². The van der Waals surface area contributed by atoms with E-state index in [9.17, 15) is 24.9 Å². The number of likely N-dealkylation sites (tertiary alicyclic amines) is 1. The van der Waals surface area contributed by atoms with Gasteiger partial charge in [-0.15, -0.1) is 22.7 Å². The summed E-state index contributed by atoms with van der Waals surface area (Å²) in [4.78, 5) is 29.1. The van der Waals surface area contributed by atoms with Crippen molar-refractivity contribution in [1.82, 2.24) is 15.5 Å². The zero-order valence-corrected chi connectivity index (χ0v) is 32.3. The van der Waals surface area contributed by atoms with E-state index in [0.29, 0.717) is 36.5 Å². The Balaban J connectivity index is 0.952. The molecule has 14 heteroatoms. The number of piperidine rings is 1. The van der Waals surface area contributed by atoms with Crippen molar-refractivity contribution in [1.29, 1.82) is 0 Å². The number of carbonyl (C=O) groups is 2. The summed E-state index contributed by atoms with van der Waals surface area (Å²) < 4.78 is 11.1. The van der Waals surface area contributed by atoms with E-state index in [1.165, 1.54) is 18.7 Å². The summed E-state index contributed by atoms with van der Waals surface area (Å²) in [5.74, 6) is 0.245. The predicted molar refractivity (Wildman–Crippen MR) is 208 cm³/mol. The molecule has 53 heavy (non-hydrogen) atoms. The lowest BCUT2D eigenvalue weighted by Crippen LogP contribution is -2.53. The molecule has 2 amide bonds. The molecule has 11 nitrogen and oxygen atoms in total. The molecule has 1 spiro atoms. The second-order valence-electron chi connectivity index (χ2n) is 13.9. The number of thiophene rings is 2. The van der Waals surface area contributed by atoms with E-state index in [1.54, 1.807) is 34.8 Å². The van der Waals surface area contributed by atoms with Crippen LogP contribution >= 0.6 is 34.3 Å². The smallest absolute Gasteiger partial charge is 0.262 e. The highest BCUT2D eigenvalue weighted by Gasteiger charge is 2.55. The molecular formula is C39H47ClN4O7S2. The maximum atomic E-state index is 13.0. The van der Waals surface area contributed by atoms with Crippen LogP contribution < -0.4 is 20.7 Å². The third-order valence-electron chi connectivity index (χ3n) is 10.7. The molecule has 4 heterocycles. The number of phenols is 1. The first-order valence-corrected chi connectivity index (χ1v) is 20.0. The topological polar surface area (TPSA) is 153 Å². The number of nitrogens with one attached hydrogen (secondary N) is 3. The largest absolute Gasteiger partial charge is 0.506 e. The Bertz CT molecular complexity index is 1790. The Morgan fingerprint density at radius 1 is 1.19 bits per heavy atom. The number of ether oxygens (including phenoxy) is 2. The summed E-state index contributed by atoms with van der Waals surface area (Å²) in [6.45, 7) is 4.61. The number of methoxy groups -OCH3 is 1. The summed E-state index contributed by atoms with van der Waals surface area (Å²) >= 11 is 9.39. The lowest BCUT2D eigenvalue weighted by atomic mass is 9.53. The number of anilines is 1. The number of aliphatic hydroxyl groups is 2. The van der Waals surface area contributed by atoms with E-state index in [-0.39, 0.29) is 53.5 Å². The minimum Gasteiger partial charge on any atom is -0.506 e. The average molecular weight is 783 g/mol.